The van der Waals surface area contributed by atoms with Crippen LogP contribution in [0.15, 0.2) is 0 Å². The molecule has 0 aromatic rings. The second-order valence-electron chi connectivity index (χ2n) is 4.79. The molecule has 0 spiro atoms. The van der Waals surface area contributed by atoms with Gasteiger partial charge in [-0.1, -0.05) is 13.8 Å². The van der Waals surface area contributed by atoms with Gasteiger partial charge in [-0.3, -0.25) is 4.90 Å². The smallest absolute Gasteiger partial charge is 0.154 e. The molecular weight excluding hydrogens is 165 g/mol. The monoisotopic (exact) mass is 187 g/mol. The van der Waals surface area contributed by atoms with E-state index in [0.717, 1.165) is 19.4 Å². The molecule has 1 aliphatic rings. The van der Waals surface area contributed by atoms with Crippen LogP contribution < -0.4 is 0 Å². The lowest BCUT2D eigenvalue weighted by Crippen LogP contribution is -2.44. The number of alkyl halides is 1. The molecular formula is C11H22FN. The molecule has 2 heteroatoms. The fourth-order valence-electron chi connectivity index (χ4n) is 2.15. The summed E-state index contributed by atoms with van der Waals surface area (Å²) >= 11 is 0. The molecule has 0 aromatic carbocycles. The van der Waals surface area contributed by atoms with Crippen LogP contribution in [0.2, 0.25) is 0 Å². The highest BCUT2D eigenvalue weighted by Crippen LogP contribution is 2.30. The van der Waals surface area contributed by atoms with Gasteiger partial charge in [0, 0.05) is 12.6 Å². The first-order chi connectivity index (χ1) is 6.02. The minimum atomic E-state index is -0.707. The zero-order chi connectivity index (χ0) is 10.0. The third kappa shape index (κ3) is 2.67. The molecule has 0 N–H and O–H groups in total. The van der Waals surface area contributed by atoms with Crippen molar-refractivity contribution >= 4 is 0 Å². The van der Waals surface area contributed by atoms with Gasteiger partial charge in [0.05, 0.1) is 0 Å². The summed E-state index contributed by atoms with van der Waals surface area (Å²) in [7, 11) is 0. The van der Waals surface area contributed by atoms with Gasteiger partial charge in [0.2, 0.25) is 0 Å². The van der Waals surface area contributed by atoms with E-state index in [0.29, 0.717) is 17.9 Å². The fourth-order valence-corrected chi connectivity index (χ4v) is 2.15. The number of likely N-dealkylation sites (tertiary alicyclic amines) is 1. The molecule has 2 unspecified atom stereocenters. The molecule has 1 fully saturated rings. The van der Waals surface area contributed by atoms with Gasteiger partial charge in [0.15, 0.2) is 6.30 Å². The normalized spacial score (nSPS) is 31.6. The van der Waals surface area contributed by atoms with E-state index in [2.05, 4.69) is 27.7 Å². The van der Waals surface area contributed by atoms with Crippen molar-refractivity contribution < 1.29 is 4.39 Å². The first kappa shape index (κ1) is 11.0. The third-order valence-electron chi connectivity index (χ3n) is 3.22. The second-order valence-corrected chi connectivity index (χ2v) is 4.79. The van der Waals surface area contributed by atoms with Crippen molar-refractivity contribution in [2.75, 3.05) is 6.54 Å². The van der Waals surface area contributed by atoms with Gasteiger partial charge in [0.1, 0.15) is 0 Å². The molecule has 0 bridgehead atoms. The number of hydrogen-bond acceptors (Lipinski definition) is 1. The summed E-state index contributed by atoms with van der Waals surface area (Å²) in [4.78, 5) is 1.97. The Bertz CT molecular complexity index is 156. The maximum absolute atomic E-state index is 13.6. The van der Waals surface area contributed by atoms with Crippen molar-refractivity contribution in [3.8, 4) is 0 Å². The average molecular weight is 187 g/mol. The van der Waals surface area contributed by atoms with Crippen LogP contribution in [0.4, 0.5) is 4.39 Å². The van der Waals surface area contributed by atoms with Crippen molar-refractivity contribution in [2.24, 2.45) is 11.8 Å². The van der Waals surface area contributed by atoms with Crippen LogP contribution in [0.3, 0.4) is 0 Å². The van der Waals surface area contributed by atoms with E-state index in [1.165, 1.54) is 0 Å². The lowest BCUT2D eigenvalue weighted by atomic mass is 9.86. The average Bonchev–Trinajstić information content (AvgIpc) is 2.03. The number of hydrogen-bond donors (Lipinski definition) is 0. The molecule has 0 aromatic heterocycles. The lowest BCUT2D eigenvalue weighted by Gasteiger charge is -2.38. The van der Waals surface area contributed by atoms with E-state index < -0.39 is 6.30 Å². The van der Waals surface area contributed by atoms with Crippen LogP contribution in [-0.2, 0) is 0 Å². The Morgan fingerprint density at radius 3 is 2.23 bits per heavy atom. The maximum Gasteiger partial charge on any atom is 0.154 e. The minimum Gasteiger partial charge on any atom is -0.272 e. The highest BCUT2D eigenvalue weighted by atomic mass is 19.1. The predicted octanol–water partition coefficient (Wildman–Crippen LogP) is 3.06. The first-order valence-electron chi connectivity index (χ1n) is 5.42. The summed E-state index contributed by atoms with van der Waals surface area (Å²) in [6.45, 7) is 9.47. The molecule has 1 rings (SSSR count). The Hall–Kier alpha value is -0.110. The Morgan fingerprint density at radius 1 is 1.23 bits per heavy atom. The Balaban J connectivity index is 2.46. The molecule has 13 heavy (non-hydrogen) atoms. The van der Waals surface area contributed by atoms with Gasteiger partial charge in [-0.15, -0.1) is 0 Å². The maximum atomic E-state index is 13.6. The number of nitrogens with zero attached hydrogens (tertiary/aromatic N) is 1. The van der Waals surface area contributed by atoms with Crippen molar-refractivity contribution in [2.45, 2.75) is 52.9 Å². The fraction of sp³-hybridized carbons (Fsp3) is 1.00. The zero-order valence-corrected chi connectivity index (χ0v) is 9.26. The minimum absolute atomic E-state index is 0.350. The molecule has 0 aliphatic carbocycles. The summed E-state index contributed by atoms with van der Waals surface area (Å²) in [5, 5.41) is 0. The van der Waals surface area contributed by atoms with Gasteiger partial charge in [-0.25, -0.2) is 4.39 Å². The van der Waals surface area contributed by atoms with Crippen molar-refractivity contribution in [3.63, 3.8) is 0 Å². The quantitative estimate of drug-likeness (QED) is 0.601. The molecule has 1 heterocycles. The molecule has 1 aliphatic heterocycles. The summed E-state index contributed by atoms with van der Waals surface area (Å²) in [5.41, 5.74) is 0. The standard InChI is InChI=1S/C11H22FN/c1-8(2)10-5-6-13(9(3)4)11(12)7-10/h8-11H,5-7H2,1-4H3. The molecule has 2 atom stereocenters. The highest BCUT2D eigenvalue weighted by molar-refractivity contribution is 4.79. The Kier molecular flexibility index (Phi) is 3.72. The topological polar surface area (TPSA) is 3.24 Å². The van der Waals surface area contributed by atoms with Crippen molar-refractivity contribution in [3.05, 3.63) is 0 Å². The van der Waals surface area contributed by atoms with E-state index in [-0.39, 0.29) is 0 Å². The summed E-state index contributed by atoms with van der Waals surface area (Å²) < 4.78 is 13.6. The van der Waals surface area contributed by atoms with Gasteiger partial charge in [-0.05, 0) is 38.5 Å². The third-order valence-corrected chi connectivity index (χ3v) is 3.22. The van der Waals surface area contributed by atoms with Crippen LogP contribution in [0.25, 0.3) is 0 Å². The van der Waals surface area contributed by atoms with E-state index in [9.17, 15) is 4.39 Å². The van der Waals surface area contributed by atoms with Crippen LogP contribution in [-0.4, -0.2) is 23.8 Å². The van der Waals surface area contributed by atoms with E-state index in [1.54, 1.807) is 0 Å². The Morgan fingerprint density at radius 2 is 1.85 bits per heavy atom. The van der Waals surface area contributed by atoms with Crippen LogP contribution in [0.1, 0.15) is 40.5 Å². The molecule has 0 amide bonds. The van der Waals surface area contributed by atoms with Gasteiger partial charge in [0.25, 0.3) is 0 Å². The van der Waals surface area contributed by atoms with Crippen LogP contribution >= 0.6 is 0 Å². The van der Waals surface area contributed by atoms with Crippen molar-refractivity contribution in [1.82, 2.24) is 4.90 Å². The van der Waals surface area contributed by atoms with E-state index in [1.807, 2.05) is 4.90 Å². The molecule has 78 valence electrons. The zero-order valence-electron chi connectivity index (χ0n) is 9.26. The van der Waals surface area contributed by atoms with Gasteiger partial charge in [-0.2, -0.15) is 0 Å². The number of piperidine rings is 1. The van der Waals surface area contributed by atoms with Gasteiger partial charge >= 0.3 is 0 Å². The summed E-state index contributed by atoms with van der Waals surface area (Å²) in [6, 6.07) is 0.350. The molecule has 1 saturated heterocycles. The second kappa shape index (κ2) is 4.41. The van der Waals surface area contributed by atoms with Crippen molar-refractivity contribution in [1.29, 1.82) is 0 Å². The largest absolute Gasteiger partial charge is 0.272 e. The van der Waals surface area contributed by atoms with Crippen LogP contribution in [0.5, 0.6) is 0 Å². The number of rotatable bonds is 2. The predicted molar refractivity (Wildman–Crippen MR) is 54.3 cm³/mol. The Labute approximate surface area is 81.3 Å². The first-order valence-corrected chi connectivity index (χ1v) is 5.42. The van der Waals surface area contributed by atoms with E-state index in [4.69, 9.17) is 0 Å². The van der Waals surface area contributed by atoms with Gasteiger partial charge < -0.3 is 0 Å². The van der Waals surface area contributed by atoms with Crippen LogP contribution in [0, 0.1) is 11.8 Å². The number of halogens is 1. The summed E-state index contributed by atoms with van der Waals surface area (Å²) in [6.07, 6.45) is 1.19. The lowest BCUT2D eigenvalue weighted by molar-refractivity contribution is -0.0101. The highest BCUT2D eigenvalue weighted by Gasteiger charge is 2.30. The molecule has 0 radical (unpaired) electrons. The van der Waals surface area contributed by atoms with E-state index >= 15 is 0 Å². The molecule has 1 nitrogen and oxygen atoms in total. The molecule has 0 saturated carbocycles. The SMILES string of the molecule is CC(C)C1CCN(C(C)C)C(F)C1. The summed E-state index contributed by atoms with van der Waals surface area (Å²) in [5.74, 6) is 1.22.